The molecular weight excluding hydrogens is 404 g/mol. The highest BCUT2D eigenvalue weighted by molar-refractivity contribution is 6.30. The first-order valence-electron chi connectivity index (χ1n) is 10.0. The van der Waals surface area contributed by atoms with Crippen LogP contribution in [0.4, 0.5) is 0 Å². The van der Waals surface area contributed by atoms with E-state index in [0.29, 0.717) is 0 Å². The number of nitrogens with zero attached hydrogens (tertiary/aromatic N) is 2. The summed E-state index contributed by atoms with van der Waals surface area (Å²) in [6.45, 7) is 0. The van der Waals surface area contributed by atoms with Crippen molar-refractivity contribution in [2.24, 2.45) is 0 Å². The Labute approximate surface area is 183 Å². The molecule has 0 radical (unpaired) electrons. The summed E-state index contributed by atoms with van der Waals surface area (Å²) >= 11 is 6.10. The van der Waals surface area contributed by atoms with E-state index < -0.39 is 0 Å². The average molecular weight is 421 g/mol. The molecule has 4 aromatic rings. The average Bonchev–Trinajstić information content (AvgIpc) is 3.54. The number of aromatic nitrogens is 4. The summed E-state index contributed by atoms with van der Waals surface area (Å²) in [5, 5.41) is 0.720. The van der Waals surface area contributed by atoms with Gasteiger partial charge in [-0.05, 0) is 84.5 Å². The smallest absolute Gasteiger partial charge is 0.0658 e. The number of benzene rings is 1. The van der Waals surface area contributed by atoms with Gasteiger partial charge in [0.1, 0.15) is 0 Å². The van der Waals surface area contributed by atoms with Gasteiger partial charge in [0.25, 0.3) is 0 Å². The highest BCUT2D eigenvalue weighted by Gasteiger charge is 2.07. The molecule has 5 heteroatoms. The lowest BCUT2D eigenvalue weighted by molar-refractivity contribution is 1.31. The standard InChI is InChI=1S/C26H17ClN4/c27-17-3-1-16(2-4-17)25-14-24-13-22-8-7-20(29-22)11-18-5-6-19(28-18)12-21-9-10-23(30-21)15-26(25)31-24/h1-15,28,31H. The molecule has 0 spiro atoms. The molecule has 4 nitrogen and oxygen atoms in total. The maximum atomic E-state index is 6.10. The minimum Gasteiger partial charge on any atom is -0.355 e. The molecule has 0 fully saturated rings. The van der Waals surface area contributed by atoms with Gasteiger partial charge in [0, 0.05) is 32.7 Å². The van der Waals surface area contributed by atoms with E-state index in [9.17, 15) is 0 Å². The summed E-state index contributed by atoms with van der Waals surface area (Å²) in [5.74, 6) is 0. The number of hydrogen-bond donors (Lipinski definition) is 2. The van der Waals surface area contributed by atoms with E-state index in [1.54, 1.807) is 0 Å². The maximum Gasteiger partial charge on any atom is 0.0658 e. The molecule has 148 valence electrons. The molecular formula is C26H17ClN4. The van der Waals surface area contributed by atoms with Crippen LogP contribution < -0.4 is 0 Å². The van der Waals surface area contributed by atoms with Crippen LogP contribution in [0.3, 0.4) is 0 Å². The Hall–Kier alpha value is -3.89. The molecule has 31 heavy (non-hydrogen) atoms. The number of H-pyrrole nitrogens is 2. The van der Waals surface area contributed by atoms with Crippen LogP contribution in [-0.2, 0) is 0 Å². The molecule has 1 aromatic carbocycles. The van der Waals surface area contributed by atoms with E-state index in [2.05, 4.69) is 28.2 Å². The Balaban J connectivity index is 1.67. The zero-order chi connectivity index (χ0) is 20.8. The lowest BCUT2D eigenvalue weighted by atomic mass is 10.1. The maximum absolute atomic E-state index is 6.10. The third kappa shape index (κ3) is 3.58. The van der Waals surface area contributed by atoms with Crippen LogP contribution in [0.1, 0.15) is 22.8 Å². The fraction of sp³-hybridized carbons (Fsp3) is 0. The Kier molecular flexibility index (Phi) is 4.11. The number of aromatic amines is 2. The number of hydrogen-bond acceptors (Lipinski definition) is 2. The minimum absolute atomic E-state index is 0.720. The van der Waals surface area contributed by atoms with Gasteiger partial charge >= 0.3 is 0 Å². The number of halogens is 1. The van der Waals surface area contributed by atoms with Crippen molar-refractivity contribution in [1.29, 1.82) is 0 Å². The predicted molar refractivity (Wildman–Crippen MR) is 129 cm³/mol. The summed E-state index contributed by atoms with van der Waals surface area (Å²) in [7, 11) is 0. The quantitative estimate of drug-likeness (QED) is 0.301. The van der Waals surface area contributed by atoms with E-state index >= 15 is 0 Å². The van der Waals surface area contributed by atoms with Crippen LogP contribution in [0.2, 0.25) is 5.02 Å². The van der Waals surface area contributed by atoms with Crippen LogP contribution in [0.5, 0.6) is 0 Å². The monoisotopic (exact) mass is 420 g/mol. The van der Waals surface area contributed by atoms with Crippen LogP contribution in [0, 0.1) is 0 Å². The second-order valence-corrected chi connectivity index (χ2v) is 8.03. The van der Waals surface area contributed by atoms with Gasteiger partial charge in [-0.25, -0.2) is 9.97 Å². The van der Waals surface area contributed by atoms with Crippen molar-refractivity contribution in [2.75, 3.05) is 0 Å². The molecule has 2 N–H and O–H groups in total. The zero-order valence-corrected chi connectivity index (χ0v) is 17.2. The molecule has 3 aromatic heterocycles. The lowest BCUT2D eigenvalue weighted by Crippen LogP contribution is -1.77. The van der Waals surface area contributed by atoms with Crippen molar-refractivity contribution in [3.05, 3.63) is 94.5 Å². The molecule has 0 amide bonds. The second kappa shape index (κ2) is 7.11. The second-order valence-electron chi connectivity index (χ2n) is 7.60. The van der Waals surface area contributed by atoms with Gasteiger partial charge in [-0.3, -0.25) is 0 Å². The van der Waals surface area contributed by atoms with Gasteiger partial charge in [0.15, 0.2) is 0 Å². The van der Waals surface area contributed by atoms with Crippen LogP contribution >= 0.6 is 11.6 Å². The van der Waals surface area contributed by atoms with Gasteiger partial charge in [-0.15, -0.1) is 0 Å². The Morgan fingerprint density at radius 2 is 1.10 bits per heavy atom. The molecule has 2 aliphatic heterocycles. The first kappa shape index (κ1) is 17.9. The third-order valence-corrected chi connectivity index (χ3v) is 5.58. The van der Waals surface area contributed by atoms with Crippen molar-refractivity contribution < 1.29 is 0 Å². The predicted octanol–water partition coefficient (Wildman–Crippen LogP) is 6.98. The van der Waals surface area contributed by atoms with Gasteiger partial charge in [0.2, 0.25) is 0 Å². The highest BCUT2D eigenvalue weighted by atomic mass is 35.5. The van der Waals surface area contributed by atoms with Gasteiger partial charge < -0.3 is 9.97 Å². The fourth-order valence-corrected chi connectivity index (χ4v) is 4.01. The molecule has 2 aliphatic rings. The molecule has 6 rings (SSSR count). The molecule has 8 bridgehead atoms. The van der Waals surface area contributed by atoms with Crippen LogP contribution in [-0.4, -0.2) is 19.9 Å². The molecule has 0 saturated carbocycles. The van der Waals surface area contributed by atoms with Gasteiger partial charge in [0.05, 0.1) is 22.8 Å². The van der Waals surface area contributed by atoms with Gasteiger partial charge in [-0.1, -0.05) is 23.7 Å². The fourth-order valence-electron chi connectivity index (χ4n) is 3.89. The lowest BCUT2D eigenvalue weighted by Gasteiger charge is -1.99. The van der Waals surface area contributed by atoms with Gasteiger partial charge in [-0.2, -0.15) is 0 Å². The summed E-state index contributed by atoms with van der Waals surface area (Å²) in [5.41, 5.74) is 9.79. The highest BCUT2D eigenvalue weighted by Crippen LogP contribution is 2.28. The Bertz CT molecular complexity index is 1540. The SMILES string of the molecule is Clc1ccc(-c2cc3cc4nc(cc5ccc(cc6nc(cc2[nH]3)C=C6)[nH]5)C=C4)cc1. The van der Waals surface area contributed by atoms with E-state index in [4.69, 9.17) is 21.6 Å². The van der Waals surface area contributed by atoms with Crippen molar-refractivity contribution in [3.63, 3.8) is 0 Å². The summed E-state index contributed by atoms with van der Waals surface area (Å²) in [6, 6.07) is 22.3. The molecule has 0 saturated heterocycles. The number of fused-ring (bicyclic) bond motifs is 8. The first-order chi connectivity index (χ1) is 15.2. The van der Waals surface area contributed by atoms with Crippen LogP contribution in [0.25, 0.3) is 57.5 Å². The van der Waals surface area contributed by atoms with Crippen molar-refractivity contribution in [1.82, 2.24) is 19.9 Å². The molecule has 0 aliphatic carbocycles. The first-order valence-corrected chi connectivity index (χ1v) is 10.4. The Morgan fingerprint density at radius 1 is 0.548 bits per heavy atom. The largest absolute Gasteiger partial charge is 0.355 e. The van der Waals surface area contributed by atoms with Crippen molar-refractivity contribution >= 4 is 58.0 Å². The van der Waals surface area contributed by atoms with Crippen LogP contribution in [0.15, 0.2) is 66.7 Å². The van der Waals surface area contributed by atoms with E-state index in [1.165, 1.54) is 0 Å². The zero-order valence-electron chi connectivity index (χ0n) is 16.4. The van der Waals surface area contributed by atoms with Crippen molar-refractivity contribution in [2.45, 2.75) is 0 Å². The third-order valence-electron chi connectivity index (χ3n) is 5.32. The van der Waals surface area contributed by atoms with E-state index in [0.717, 1.165) is 61.0 Å². The molecule has 0 atom stereocenters. The molecule has 0 unspecified atom stereocenters. The normalized spacial score (nSPS) is 12.4. The summed E-state index contributed by atoms with van der Waals surface area (Å²) in [6.07, 6.45) is 8.10. The van der Waals surface area contributed by atoms with E-state index in [-0.39, 0.29) is 0 Å². The number of rotatable bonds is 1. The summed E-state index contributed by atoms with van der Waals surface area (Å²) < 4.78 is 0. The molecule has 5 heterocycles. The number of nitrogens with one attached hydrogen (secondary N) is 2. The minimum atomic E-state index is 0.720. The van der Waals surface area contributed by atoms with E-state index in [1.807, 2.05) is 72.8 Å². The topological polar surface area (TPSA) is 57.4 Å². The van der Waals surface area contributed by atoms with Crippen molar-refractivity contribution in [3.8, 4) is 11.1 Å². The summed E-state index contributed by atoms with van der Waals surface area (Å²) in [4.78, 5) is 16.4. The Morgan fingerprint density at radius 3 is 1.71 bits per heavy atom.